The van der Waals surface area contributed by atoms with Crippen molar-refractivity contribution in [2.75, 3.05) is 11.9 Å². The molecule has 0 aromatic heterocycles. The van der Waals surface area contributed by atoms with E-state index in [-0.39, 0.29) is 18.3 Å². The second kappa shape index (κ2) is 7.60. The molecule has 2 rings (SSSR count). The maximum Gasteiger partial charge on any atom is 0.418 e. The molecule has 3 nitrogen and oxygen atoms in total. The number of nitrogens with two attached hydrogens (primary N) is 1. The summed E-state index contributed by atoms with van der Waals surface area (Å²) in [5, 5.41) is 3.73. The number of carbonyl (C=O) groups excluding carboxylic acids is 1. The van der Waals surface area contributed by atoms with Gasteiger partial charge in [0, 0.05) is 5.56 Å². The number of nitrogens with one attached hydrogen (secondary N) is 1. The third-order valence-electron chi connectivity index (χ3n) is 3.63. The van der Waals surface area contributed by atoms with Gasteiger partial charge in [-0.3, -0.25) is 4.79 Å². The standard InChI is InChI=1S/C17H15F5N2O/c1-10(11-6-7-13(18)14(19)8-11)23-9-16(25)24-15-5-3-2-4-12(15)17(20,21)22/h2-8,10,23H,9H2,1H3,(H,24,25)/p+1/t10-/m0/s1. The van der Waals surface area contributed by atoms with E-state index in [2.05, 4.69) is 5.32 Å². The maximum absolute atomic E-state index is 13.2. The minimum Gasteiger partial charge on any atom is -0.333 e. The molecule has 2 aromatic rings. The summed E-state index contributed by atoms with van der Waals surface area (Å²) in [5.74, 6) is -2.61. The second-order valence-electron chi connectivity index (χ2n) is 5.49. The van der Waals surface area contributed by atoms with Crippen LogP contribution in [0.2, 0.25) is 0 Å². The SMILES string of the molecule is C[C@H]([NH2+]CC(=O)Nc1ccccc1C(F)(F)F)c1ccc(F)c(F)c1. The zero-order valence-corrected chi connectivity index (χ0v) is 13.2. The van der Waals surface area contributed by atoms with Gasteiger partial charge in [-0.1, -0.05) is 12.1 Å². The Hall–Kier alpha value is -2.48. The van der Waals surface area contributed by atoms with E-state index in [0.29, 0.717) is 5.56 Å². The first kappa shape index (κ1) is 18.9. The number of benzene rings is 2. The molecule has 0 bridgehead atoms. The highest BCUT2D eigenvalue weighted by Crippen LogP contribution is 2.34. The van der Waals surface area contributed by atoms with Crippen LogP contribution in [0, 0.1) is 11.6 Å². The summed E-state index contributed by atoms with van der Waals surface area (Å²) in [6, 6.07) is 7.67. The van der Waals surface area contributed by atoms with Gasteiger partial charge in [-0.25, -0.2) is 8.78 Å². The quantitative estimate of drug-likeness (QED) is 0.791. The summed E-state index contributed by atoms with van der Waals surface area (Å²) < 4.78 is 64.8. The average Bonchev–Trinajstić information content (AvgIpc) is 2.54. The number of quaternary nitrogens is 1. The lowest BCUT2D eigenvalue weighted by Crippen LogP contribution is -2.86. The van der Waals surface area contributed by atoms with Gasteiger partial charge < -0.3 is 10.6 Å². The highest BCUT2D eigenvalue weighted by atomic mass is 19.4. The summed E-state index contributed by atoms with van der Waals surface area (Å²) in [7, 11) is 0. The van der Waals surface area contributed by atoms with Crippen molar-refractivity contribution in [1.82, 2.24) is 0 Å². The van der Waals surface area contributed by atoms with Crippen LogP contribution in [0.4, 0.5) is 27.6 Å². The Bertz CT molecular complexity index is 761. The molecule has 25 heavy (non-hydrogen) atoms. The molecule has 0 aliphatic heterocycles. The number of rotatable bonds is 5. The van der Waals surface area contributed by atoms with Gasteiger partial charge >= 0.3 is 6.18 Å². The molecular formula is C17H16F5N2O+. The Morgan fingerprint density at radius 2 is 1.80 bits per heavy atom. The van der Waals surface area contributed by atoms with Gasteiger partial charge in [0.15, 0.2) is 18.2 Å². The van der Waals surface area contributed by atoms with Crippen molar-refractivity contribution in [1.29, 1.82) is 0 Å². The van der Waals surface area contributed by atoms with Gasteiger partial charge in [0.25, 0.3) is 5.91 Å². The Labute approximate surface area is 140 Å². The first-order valence-corrected chi connectivity index (χ1v) is 7.43. The number of alkyl halides is 3. The van der Waals surface area contributed by atoms with E-state index in [9.17, 15) is 26.7 Å². The molecule has 0 unspecified atom stereocenters. The highest BCUT2D eigenvalue weighted by Gasteiger charge is 2.33. The molecule has 0 radical (unpaired) electrons. The Kier molecular flexibility index (Phi) is 5.73. The van der Waals surface area contributed by atoms with Gasteiger partial charge in [-0.05, 0) is 37.3 Å². The zero-order chi connectivity index (χ0) is 18.6. The molecule has 0 saturated heterocycles. The van der Waals surface area contributed by atoms with Crippen LogP contribution in [-0.2, 0) is 11.0 Å². The van der Waals surface area contributed by atoms with Crippen molar-refractivity contribution in [2.45, 2.75) is 19.1 Å². The van der Waals surface area contributed by atoms with Crippen molar-refractivity contribution >= 4 is 11.6 Å². The molecule has 1 amide bonds. The van der Waals surface area contributed by atoms with E-state index in [0.717, 1.165) is 18.2 Å². The Balaban J connectivity index is 1.98. The molecule has 3 N–H and O–H groups in total. The maximum atomic E-state index is 13.2. The van der Waals surface area contributed by atoms with Crippen LogP contribution in [0.5, 0.6) is 0 Å². The average molecular weight is 359 g/mol. The summed E-state index contributed by atoms with van der Waals surface area (Å²) >= 11 is 0. The van der Waals surface area contributed by atoms with Crippen molar-refractivity contribution in [3.05, 3.63) is 65.2 Å². The fourth-order valence-electron chi connectivity index (χ4n) is 2.26. The molecule has 0 heterocycles. The number of halogens is 5. The van der Waals surface area contributed by atoms with Crippen LogP contribution >= 0.6 is 0 Å². The molecule has 8 heteroatoms. The largest absolute Gasteiger partial charge is 0.418 e. The Morgan fingerprint density at radius 1 is 1.12 bits per heavy atom. The first-order chi connectivity index (χ1) is 11.7. The lowest BCUT2D eigenvalue weighted by atomic mass is 10.1. The predicted molar refractivity (Wildman–Crippen MR) is 81.6 cm³/mol. The molecule has 0 aliphatic carbocycles. The van der Waals surface area contributed by atoms with Crippen LogP contribution in [-0.4, -0.2) is 12.5 Å². The second-order valence-corrected chi connectivity index (χ2v) is 5.49. The Morgan fingerprint density at radius 3 is 2.44 bits per heavy atom. The molecule has 134 valence electrons. The number of hydrogen-bond donors (Lipinski definition) is 2. The lowest BCUT2D eigenvalue weighted by Gasteiger charge is -2.14. The molecule has 0 spiro atoms. The molecule has 0 saturated carbocycles. The van der Waals surface area contributed by atoms with Crippen LogP contribution in [0.15, 0.2) is 42.5 Å². The minimum atomic E-state index is -4.58. The van der Waals surface area contributed by atoms with Crippen LogP contribution in [0.3, 0.4) is 0 Å². The molecule has 0 fully saturated rings. The van der Waals surface area contributed by atoms with Crippen LogP contribution in [0.25, 0.3) is 0 Å². The third-order valence-corrected chi connectivity index (χ3v) is 3.63. The number of para-hydroxylation sites is 1. The number of anilines is 1. The third kappa shape index (κ3) is 4.99. The molecular weight excluding hydrogens is 343 g/mol. The fraction of sp³-hybridized carbons (Fsp3) is 0.235. The monoisotopic (exact) mass is 359 g/mol. The first-order valence-electron chi connectivity index (χ1n) is 7.43. The number of carbonyl (C=O) groups is 1. The lowest BCUT2D eigenvalue weighted by molar-refractivity contribution is -0.682. The van der Waals surface area contributed by atoms with Gasteiger partial charge in [-0.2, -0.15) is 13.2 Å². The van der Waals surface area contributed by atoms with Crippen molar-refractivity contribution in [3.63, 3.8) is 0 Å². The van der Waals surface area contributed by atoms with Crippen LogP contribution < -0.4 is 10.6 Å². The summed E-state index contributed by atoms with van der Waals surface area (Å²) in [4.78, 5) is 11.9. The van der Waals surface area contributed by atoms with E-state index < -0.39 is 29.3 Å². The molecule has 1 atom stereocenters. The van der Waals surface area contributed by atoms with Gasteiger partial charge in [0.2, 0.25) is 0 Å². The van der Waals surface area contributed by atoms with Gasteiger partial charge in [0.05, 0.1) is 11.3 Å². The van der Waals surface area contributed by atoms with Crippen molar-refractivity contribution in [2.24, 2.45) is 0 Å². The topological polar surface area (TPSA) is 45.7 Å². The predicted octanol–water partition coefficient (Wildman–Crippen LogP) is 3.25. The minimum absolute atomic E-state index is 0.174. The van der Waals surface area contributed by atoms with E-state index >= 15 is 0 Å². The molecule has 2 aromatic carbocycles. The van der Waals surface area contributed by atoms with Crippen molar-refractivity contribution in [3.8, 4) is 0 Å². The molecule has 0 aliphatic rings. The van der Waals surface area contributed by atoms with E-state index in [1.807, 2.05) is 0 Å². The number of hydrogen-bond acceptors (Lipinski definition) is 1. The van der Waals surface area contributed by atoms with Crippen molar-refractivity contribution < 1.29 is 32.1 Å². The smallest absolute Gasteiger partial charge is 0.333 e. The summed E-state index contributed by atoms with van der Waals surface area (Å²) in [5.41, 5.74) is -0.798. The van der Waals surface area contributed by atoms with Gasteiger partial charge in [-0.15, -0.1) is 0 Å². The fourth-order valence-corrected chi connectivity index (χ4v) is 2.26. The normalized spacial score (nSPS) is 12.7. The van der Waals surface area contributed by atoms with Gasteiger partial charge in [0.1, 0.15) is 6.04 Å². The summed E-state index contributed by atoms with van der Waals surface area (Å²) in [6.45, 7) is 1.50. The van der Waals surface area contributed by atoms with E-state index in [4.69, 9.17) is 0 Å². The summed E-state index contributed by atoms with van der Waals surface area (Å²) in [6.07, 6.45) is -4.58. The zero-order valence-electron chi connectivity index (χ0n) is 13.2. The number of amides is 1. The highest BCUT2D eigenvalue weighted by molar-refractivity contribution is 5.92. The van der Waals surface area contributed by atoms with E-state index in [1.54, 1.807) is 6.92 Å². The van der Waals surface area contributed by atoms with Crippen LogP contribution in [0.1, 0.15) is 24.1 Å². The van der Waals surface area contributed by atoms with E-state index in [1.165, 1.54) is 29.6 Å².